The summed E-state index contributed by atoms with van der Waals surface area (Å²) in [7, 11) is 0. The summed E-state index contributed by atoms with van der Waals surface area (Å²) in [5.41, 5.74) is 15.3. The van der Waals surface area contributed by atoms with Crippen LogP contribution in [0.2, 0.25) is 0 Å². The first-order valence-corrected chi connectivity index (χ1v) is 19.1. The molecule has 0 radical (unpaired) electrons. The summed E-state index contributed by atoms with van der Waals surface area (Å²) in [6.07, 6.45) is 13.7. The molecule has 2 aliphatic carbocycles. The maximum atomic E-state index is 5.35. The Bertz CT molecular complexity index is 2940. The van der Waals surface area contributed by atoms with Crippen molar-refractivity contribution in [2.24, 2.45) is 5.92 Å². The van der Waals surface area contributed by atoms with Crippen molar-refractivity contribution in [2.45, 2.75) is 5.92 Å². The Balaban J connectivity index is 1.08. The lowest BCUT2D eigenvalue weighted by Crippen LogP contribution is -2.21. The highest BCUT2D eigenvalue weighted by Crippen LogP contribution is 2.57. The molecule has 0 spiro atoms. The van der Waals surface area contributed by atoms with Gasteiger partial charge in [0.25, 0.3) is 0 Å². The SMILES string of the molecule is C1=CC2=CC=C3C(c4c(ccc5ccccc45)N3c3cccc(-c4cc(-c5cccc(-c6ccccc6)c5)nc(-c5ccc6ccccc6c5)c4)c3)C2C=C1. The van der Waals surface area contributed by atoms with Gasteiger partial charge in [-0.1, -0.05) is 158 Å². The van der Waals surface area contributed by atoms with Gasteiger partial charge in [0.15, 0.2) is 0 Å². The summed E-state index contributed by atoms with van der Waals surface area (Å²) in [5.74, 6) is 0.525. The van der Waals surface area contributed by atoms with Crippen molar-refractivity contribution >= 4 is 32.9 Å². The highest BCUT2D eigenvalue weighted by atomic mass is 15.2. The molecule has 258 valence electrons. The van der Waals surface area contributed by atoms with Crippen LogP contribution in [0.25, 0.3) is 66.3 Å². The van der Waals surface area contributed by atoms with Gasteiger partial charge in [-0.25, -0.2) is 4.98 Å². The second-order valence-corrected chi connectivity index (χ2v) is 14.7. The van der Waals surface area contributed by atoms with Gasteiger partial charge >= 0.3 is 0 Å². The molecule has 2 unspecified atom stereocenters. The fourth-order valence-corrected chi connectivity index (χ4v) is 8.94. The van der Waals surface area contributed by atoms with Crippen LogP contribution < -0.4 is 4.90 Å². The minimum atomic E-state index is 0.231. The zero-order valence-corrected chi connectivity index (χ0v) is 30.2. The van der Waals surface area contributed by atoms with E-state index in [1.54, 1.807) is 0 Å². The van der Waals surface area contributed by atoms with Gasteiger partial charge in [0.1, 0.15) is 0 Å². The number of aromatic nitrogens is 1. The molecular formula is C53H36N2. The van der Waals surface area contributed by atoms with Crippen LogP contribution >= 0.6 is 0 Å². The largest absolute Gasteiger partial charge is 0.313 e. The Morgan fingerprint density at radius 3 is 2.02 bits per heavy atom. The van der Waals surface area contributed by atoms with Gasteiger partial charge < -0.3 is 4.90 Å². The molecule has 0 fully saturated rings. The van der Waals surface area contributed by atoms with Crippen LogP contribution in [0.5, 0.6) is 0 Å². The van der Waals surface area contributed by atoms with E-state index in [9.17, 15) is 0 Å². The Hall–Kier alpha value is -7.03. The molecule has 8 aromatic rings. The predicted octanol–water partition coefficient (Wildman–Crippen LogP) is 13.9. The highest BCUT2D eigenvalue weighted by Gasteiger charge is 2.42. The van der Waals surface area contributed by atoms with Crippen molar-refractivity contribution in [2.75, 3.05) is 4.90 Å². The van der Waals surface area contributed by atoms with Crippen LogP contribution in [-0.4, -0.2) is 4.98 Å². The molecule has 0 N–H and O–H groups in total. The van der Waals surface area contributed by atoms with Gasteiger partial charge in [0, 0.05) is 34.3 Å². The number of rotatable bonds is 5. The van der Waals surface area contributed by atoms with Crippen molar-refractivity contribution in [3.63, 3.8) is 0 Å². The van der Waals surface area contributed by atoms with E-state index in [2.05, 4.69) is 211 Å². The van der Waals surface area contributed by atoms with Gasteiger partial charge in [-0.2, -0.15) is 0 Å². The normalized spacial score (nSPS) is 16.8. The molecule has 7 aromatic carbocycles. The smallest absolute Gasteiger partial charge is 0.0715 e. The lowest BCUT2D eigenvalue weighted by atomic mass is 9.75. The van der Waals surface area contributed by atoms with E-state index in [1.807, 2.05) is 0 Å². The summed E-state index contributed by atoms with van der Waals surface area (Å²) in [6, 6.07) is 61.6. The molecule has 0 saturated carbocycles. The Labute approximate surface area is 321 Å². The number of benzene rings is 7. The molecule has 3 aliphatic rings. The van der Waals surface area contributed by atoms with Crippen molar-refractivity contribution in [1.82, 2.24) is 4.98 Å². The Kier molecular flexibility index (Phi) is 7.34. The number of anilines is 2. The minimum Gasteiger partial charge on any atom is -0.313 e. The lowest BCUT2D eigenvalue weighted by molar-refractivity contribution is 0.654. The summed E-state index contributed by atoms with van der Waals surface area (Å²) >= 11 is 0. The molecule has 11 rings (SSSR count). The zero-order chi connectivity index (χ0) is 36.3. The highest BCUT2D eigenvalue weighted by molar-refractivity contribution is 5.97. The topological polar surface area (TPSA) is 16.1 Å². The molecule has 0 bridgehead atoms. The number of fused-ring (bicyclic) bond motifs is 8. The maximum Gasteiger partial charge on any atom is 0.0715 e. The molecule has 1 aromatic heterocycles. The van der Waals surface area contributed by atoms with Gasteiger partial charge in [0.2, 0.25) is 0 Å². The van der Waals surface area contributed by atoms with E-state index in [-0.39, 0.29) is 5.92 Å². The molecule has 55 heavy (non-hydrogen) atoms. The fourth-order valence-electron chi connectivity index (χ4n) is 8.94. The van der Waals surface area contributed by atoms with Gasteiger partial charge in [-0.15, -0.1) is 0 Å². The monoisotopic (exact) mass is 700 g/mol. The second-order valence-electron chi connectivity index (χ2n) is 14.7. The second kappa shape index (κ2) is 12.8. The van der Waals surface area contributed by atoms with E-state index in [0.717, 1.165) is 39.3 Å². The molecular weight excluding hydrogens is 665 g/mol. The van der Waals surface area contributed by atoms with Crippen LogP contribution in [0.1, 0.15) is 11.5 Å². The van der Waals surface area contributed by atoms with E-state index >= 15 is 0 Å². The summed E-state index contributed by atoms with van der Waals surface area (Å²) in [4.78, 5) is 7.86. The molecule has 2 nitrogen and oxygen atoms in total. The predicted molar refractivity (Wildman–Crippen MR) is 230 cm³/mol. The van der Waals surface area contributed by atoms with E-state index in [1.165, 1.54) is 55.2 Å². The average molecular weight is 701 g/mol. The third kappa shape index (κ3) is 5.37. The van der Waals surface area contributed by atoms with Crippen molar-refractivity contribution in [3.05, 3.63) is 223 Å². The van der Waals surface area contributed by atoms with Gasteiger partial charge in [0.05, 0.1) is 17.1 Å². The summed E-state index contributed by atoms with van der Waals surface area (Å²) in [5, 5.41) is 5.04. The van der Waals surface area contributed by atoms with Gasteiger partial charge in [-0.3, -0.25) is 0 Å². The van der Waals surface area contributed by atoms with Crippen molar-refractivity contribution in [3.8, 4) is 44.8 Å². The van der Waals surface area contributed by atoms with E-state index in [4.69, 9.17) is 4.98 Å². The molecule has 1 aliphatic heterocycles. The number of hydrogen-bond acceptors (Lipinski definition) is 2. The number of hydrogen-bond donors (Lipinski definition) is 0. The molecule has 2 atom stereocenters. The van der Waals surface area contributed by atoms with Crippen LogP contribution in [-0.2, 0) is 0 Å². The molecule has 2 heterocycles. The lowest BCUT2D eigenvalue weighted by Gasteiger charge is -2.31. The number of allylic oxidation sites excluding steroid dienone is 8. The Morgan fingerprint density at radius 1 is 0.455 bits per heavy atom. The van der Waals surface area contributed by atoms with Crippen LogP contribution in [0, 0.1) is 5.92 Å². The standard InChI is InChI=1S/C53H36N2/c1-2-12-35(13-3-1)40-18-10-20-42(30-40)48-33-44(34-49(54-48)43-25-24-36-14-4-5-17-39(36)31-43)41-19-11-21-45(32-41)55-50-28-26-37-15-6-8-22-46(37)52(50)53-47-23-9-7-16-38(47)27-29-51(53)55/h1-34,46,52H. The van der Waals surface area contributed by atoms with Gasteiger partial charge in [-0.05, 0) is 103 Å². The first kappa shape index (κ1) is 31.5. The molecule has 0 amide bonds. The molecule has 2 heteroatoms. The van der Waals surface area contributed by atoms with Crippen LogP contribution in [0.15, 0.2) is 218 Å². The number of pyridine rings is 1. The third-order valence-electron chi connectivity index (χ3n) is 11.6. The van der Waals surface area contributed by atoms with Crippen LogP contribution in [0.3, 0.4) is 0 Å². The van der Waals surface area contributed by atoms with Crippen LogP contribution in [0.4, 0.5) is 11.4 Å². The number of nitrogens with zero attached hydrogens (tertiary/aromatic N) is 2. The Morgan fingerprint density at radius 2 is 1.15 bits per heavy atom. The molecule has 0 saturated heterocycles. The maximum absolute atomic E-state index is 5.35. The van der Waals surface area contributed by atoms with E-state index in [0.29, 0.717) is 5.92 Å². The van der Waals surface area contributed by atoms with Crippen molar-refractivity contribution in [1.29, 1.82) is 0 Å². The third-order valence-corrected chi connectivity index (χ3v) is 11.6. The minimum absolute atomic E-state index is 0.231. The zero-order valence-electron chi connectivity index (χ0n) is 30.2. The summed E-state index contributed by atoms with van der Waals surface area (Å²) in [6.45, 7) is 0. The van der Waals surface area contributed by atoms with Crippen molar-refractivity contribution < 1.29 is 0 Å². The fraction of sp³-hybridized carbons (Fsp3) is 0.0377. The summed E-state index contributed by atoms with van der Waals surface area (Å²) < 4.78 is 0. The first-order chi connectivity index (χ1) is 27.2. The quantitative estimate of drug-likeness (QED) is 0.178. The first-order valence-electron chi connectivity index (χ1n) is 19.1. The van der Waals surface area contributed by atoms with E-state index < -0.39 is 0 Å². The average Bonchev–Trinajstić information content (AvgIpc) is 3.62.